The quantitative estimate of drug-likeness (QED) is 0.763. The van der Waals surface area contributed by atoms with Crippen molar-refractivity contribution < 1.29 is 27.9 Å². The first-order valence-electron chi connectivity index (χ1n) is 5.41. The molecule has 0 unspecified atom stereocenters. The molecule has 1 saturated carbocycles. The number of hydrogen-bond acceptors (Lipinski definition) is 2. The third-order valence-corrected chi connectivity index (χ3v) is 3.60. The van der Waals surface area contributed by atoms with Gasteiger partial charge in [-0.1, -0.05) is 0 Å². The minimum atomic E-state index is -4.92. The zero-order chi connectivity index (χ0) is 12.8. The summed E-state index contributed by atoms with van der Waals surface area (Å²) in [7, 11) is 0. The number of carbonyl (C=O) groups is 2. The Kier molecular flexibility index (Phi) is 2.79. The fourth-order valence-corrected chi connectivity index (χ4v) is 2.86. The van der Waals surface area contributed by atoms with Crippen molar-refractivity contribution in [2.75, 3.05) is 6.54 Å². The number of alkyl halides is 3. The fraction of sp³-hybridized carbons (Fsp3) is 0.800. The van der Waals surface area contributed by atoms with Crippen molar-refractivity contribution in [2.45, 2.75) is 31.5 Å². The smallest absolute Gasteiger partial charge is 0.471 e. The zero-order valence-corrected chi connectivity index (χ0v) is 8.91. The van der Waals surface area contributed by atoms with Crippen LogP contribution in [0.3, 0.4) is 0 Å². The van der Waals surface area contributed by atoms with Crippen molar-refractivity contribution in [1.82, 2.24) is 4.90 Å². The predicted octanol–water partition coefficient (Wildman–Crippen LogP) is 1.26. The average molecular weight is 251 g/mol. The van der Waals surface area contributed by atoms with Crippen molar-refractivity contribution in [1.29, 1.82) is 0 Å². The lowest BCUT2D eigenvalue weighted by Crippen LogP contribution is -2.59. The first-order valence-corrected chi connectivity index (χ1v) is 5.41. The SMILES string of the molecule is O=C(O)[C@@H]1C[C@H]2CC[C@@H]1N(C(=O)C(F)(F)F)C2. The number of carboxylic acid groups (broad SMARTS) is 1. The van der Waals surface area contributed by atoms with Gasteiger partial charge in [-0.05, 0) is 25.2 Å². The zero-order valence-electron chi connectivity index (χ0n) is 8.91. The molecule has 0 aromatic rings. The van der Waals surface area contributed by atoms with Crippen LogP contribution in [0, 0.1) is 11.8 Å². The van der Waals surface area contributed by atoms with Crippen molar-refractivity contribution in [3.05, 3.63) is 0 Å². The van der Waals surface area contributed by atoms with Crippen LogP contribution < -0.4 is 0 Å². The number of amides is 1. The van der Waals surface area contributed by atoms with Crippen molar-refractivity contribution >= 4 is 11.9 Å². The molecule has 2 saturated heterocycles. The van der Waals surface area contributed by atoms with E-state index < -0.39 is 30.0 Å². The Morgan fingerprint density at radius 3 is 2.35 bits per heavy atom. The van der Waals surface area contributed by atoms with Gasteiger partial charge >= 0.3 is 18.1 Å². The second-order valence-electron chi connectivity index (χ2n) is 4.65. The van der Waals surface area contributed by atoms with E-state index in [1.165, 1.54) is 0 Å². The molecule has 2 bridgehead atoms. The maximum atomic E-state index is 12.3. The van der Waals surface area contributed by atoms with Crippen LogP contribution in [0.2, 0.25) is 0 Å². The summed E-state index contributed by atoms with van der Waals surface area (Å²) < 4.78 is 37.0. The van der Waals surface area contributed by atoms with Gasteiger partial charge in [-0.3, -0.25) is 9.59 Å². The highest BCUT2D eigenvalue weighted by molar-refractivity contribution is 5.83. The lowest BCUT2D eigenvalue weighted by molar-refractivity contribution is -0.196. The van der Waals surface area contributed by atoms with Gasteiger partial charge in [0.25, 0.3) is 0 Å². The number of hydrogen-bond donors (Lipinski definition) is 1. The first-order chi connectivity index (χ1) is 7.80. The van der Waals surface area contributed by atoms with E-state index in [0.29, 0.717) is 24.2 Å². The van der Waals surface area contributed by atoms with Gasteiger partial charge in [0.05, 0.1) is 5.92 Å². The molecule has 1 amide bonds. The van der Waals surface area contributed by atoms with E-state index >= 15 is 0 Å². The summed E-state index contributed by atoms with van der Waals surface area (Å²) in [5.41, 5.74) is 0. The minimum absolute atomic E-state index is 0.0345. The highest BCUT2D eigenvalue weighted by Crippen LogP contribution is 2.40. The highest BCUT2D eigenvalue weighted by atomic mass is 19.4. The molecule has 0 aromatic carbocycles. The maximum Gasteiger partial charge on any atom is 0.471 e. The monoisotopic (exact) mass is 251 g/mol. The van der Waals surface area contributed by atoms with Gasteiger partial charge in [-0.2, -0.15) is 13.2 Å². The summed E-state index contributed by atoms with van der Waals surface area (Å²) in [5.74, 6) is -3.99. The minimum Gasteiger partial charge on any atom is -0.481 e. The Labute approximate surface area is 95.4 Å². The molecule has 2 aliphatic heterocycles. The lowest BCUT2D eigenvalue weighted by atomic mass is 9.72. The normalized spacial score (nSPS) is 32.6. The Balaban J connectivity index is 2.20. The van der Waals surface area contributed by atoms with E-state index in [2.05, 4.69) is 0 Å². The summed E-state index contributed by atoms with van der Waals surface area (Å²) in [5, 5.41) is 8.94. The molecule has 3 rings (SSSR count). The van der Waals surface area contributed by atoms with Crippen LogP contribution in [0.5, 0.6) is 0 Å². The summed E-state index contributed by atoms with van der Waals surface area (Å²) in [6.07, 6.45) is -3.48. The summed E-state index contributed by atoms with van der Waals surface area (Å²) in [4.78, 5) is 22.8. The van der Waals surface area contributed by atoms with Crippen molar-refractivity contribution in [2.24, 2.45) is 11.8 Å². The van der Waals surface area contributed by atoms with Gasteiger partial charge in [-0.15, -0.1) is 0 Å². The van der Waals surface area contributed by atoms with Gasteiger partial charge in [-0.25, -0.2) is 0 Å². The average Bonchev–Trinajstić information content (AvgIpc) is 2.27. The molecular formula is C10H12F3NO3. The second kappa shape index (κ2) is 3.89. The molecule has 4 nitrogen and oxygen atoms in total. The van der Waals surface area contributed by atoms with E-state index in [1.54, 1.807) is 0 Å². The van der Waals surface area contributed by atoms with Crippen molar-refractivity contribution in [3.63, 3.8) is 0 Å². The molecule has 2 heterocycles. The Morgan fingerprint density at radius 1 is 1.24 bits per heavy atom. The number of piperidine rings is 2. The van der Waals surface area contributed by atoms with Crippen LogP contribution in [-0.4, -0.2) is 40.6 Å². The summed E-state index contributed by atoms with van der Waals surface area (Å²) in [6, 6.07) is -0.799. The van der Waals surface area contributed by atoms with Gasteiger partial charge < -0.3 is 10.0 Å². The molecule has 0 aromatic heterocycles. The molecule has 0 spiro atoms. The van der Waals surface area contributed by atoms with Gasteiger partial charge in [0.15, 0.2) is 0 Å². The van der Waals surface area contributed by atoms with Crippen LogP contribution in [0.25, 0.3) is 0 Å². The van der Waals surface area contributed by atoms with Gasteiger partial charge in [0.1, 0.15) is 0 Å². The largest absolute Gasteiger partial charge is 0.481 e. The fourth-order valence-electron chi connectivity index (χ4n) is 2.86. The molecule has 1 aliphatic carbocycles. The molecule has 3 fully saturated rings. The molecule has 1 N–H and O–H groups in total. The topological polar surface area (TPSA) is 57.6 Å². The number of fused-ring (bicyclic) bond motifs is 3. The molecule has 3 atom stereocenters. The predicted molar refractivity (Wildman–Crippen MR) is 50.0 cm³/mol. The van der Waals surface area contributed by atoms with Gasteiger partial charge in [0.2, 0.25) is 0 Å². The number of aliphatic carboxylic acids is 1. The van der Waals surface area contributed by atoms with E-state index in [0.717, 1.165) is 0 Å². The summed E-state index contributed by atoms with van der Waals surface area (Å²) >= 11 is 0. The van der Waals surface area contributed by atoms with E-state index in [4.69, 9.17) is 5.11 Å². The molecule has 17 heavy (non-hydrogen) atoms. The number of halogens is 3. The Morgan fingerprint density at radius 2 is 1.88 bits per heavy atom. The number of nitrogens with zero attached hydrogens (tertiary/aromatic N) is 1. The van der Waals surface area contributed by atoms with Gasteiger partial charge in [0, 0.05) is 12.6 Å². The van der Waals surface area contributed by atoms with Crippen LogP contribution in [0.1, 0.15) is 19.3 Å². The molecule has 3 aliphatic rings. The first kappa shape index (κ1) is 12.2. The number of rotatable bonds is 1. The molecule has 0 radical (unpaired) electrons. The maximum absolute atomic E-state index is 12.3. The molecule has 96 valence electrons. The third-order valence-electron chi connectivity index (χ3n) is 3.60. The number of carbonyl (C=O) groups excluding carboxylic acids is 1. The Hall–Kier alpha value is -1.27. The van der Waals surface area contributed by atoms with E-state index in [1.807, 2.05) is 0 Å². The van der Waals surface area contributed by atoms with E-state index in [-0.39, 0.29) is 12.5 Å². The van der Waals surface area contributed by atoms with Crippen LogP contribution in [-0.2, 0) is 9.59 Å². The van der Waals surface area contributed by atoms with Crippen LogP contribution in [0.15, 0.2) is 0 Å². The van der Waals surface area contributed by atoms with Crippen LogP contribution >= 0.6 is 0 Å². The van der Waals surface area contributed by atoms with Crippen LogP contribution in [0.4, 0.5) is 13.2 Å². The molecule has 7 heteroatoms. The number of carboxylic acids is 1. The lowest BCUT2D eigenvalue weighted by Gasteiger charge is -2.48. The highest BCUT2D eigenvalue weighted by Gasteiger charge is 2.52. The second-order valence-corrected chi connectivity index (χ2v) is 4.65. The standard InChI is InChI=1S/C10H12F3NO3/c11-10(12,13)9(17)14-4-5-1-2-7(14)6(3-5)8(15)16/h5-7H,1-4H2,(H,15,16)/t5-,6-,7+/m1/s1. The Bertz CT molecular complexity index is 355. The molecular weight excluding hydrogens is 239 g/mol. The third kappa shape index (κ3) is 2.10. The van der Waals surface area contributed by atoms with E-state index in [9.17, 15) is 22.8 Å². The summed E-state index contributed by atoms with van der Waals surface area (Å²) in [6.45, 7) is 0.0345. The van der Waals surface area contributed by atoms with Crippen molar-refractivity contribution in [3.8, 4) is 0 Å².